The Labute approximate surface area is 96.9 Å². The van der Waals surface area contributed by atoms with Crippen molar-refractivity contribution < 1.29 is 8.78 Å². The average Bonchev–Trinajstić information content (AvgIpc) is 2.40. The largest absolute Gasteiger partial charge is 0.328 e. The van der Waals surface area contributed by atoms with Gasteiger partial charge in [-0.25, -0.2) is 8.78 Å². The fourth-order valence-electron chi connectivity index (χ4n) is 1.80. The van der Waals surface area contributed by atoms with Crippen molar-refractivity contribution in [2.24, 2.45) is 0 Å². The third-order valence-electron chi connectivity index (χ3n) is 2.38. The molecule has 1 heterocycles. The molecule has 0 radical (unpaired) electrons. The van der Waals surface area contributed by atoms with E-state index < -0.39 is 11.6 Å². The van der Waals surface area contributed by atoms with Crippen LogP contribution in [0.15, 0.2) is 12.1 Å². The number of aromatic nitrogens is 2. The monoisotopic (exact) mass is 242 g/mol. The Morgan fingerprint density at radius 1 is 1.25 bits per heavy atom. The number of H-pyrrole nitrogens is 1. The maximum absolute atomic E-state index is 13.5. The van der Waals surface area contributed by atoms with Gasteiger partial charge in [0.2, 0.25) is 0 Å². The van der Waals surface area contributed by atoms with Gasteiger partial charge in [0, 0.05) is 11.6 Å². The first-order valence-corrected chi connectivity index (χ1v) is 5.32. The lowest BCUT2D eigenvalue weighted by Gasteiger charge is -2.21. The molecule has 1 aromatic carbocycles. The Bertz CT molecular complexity index is 605. The Kier molecular flexibility index (Phi) is 2.38. The number of fused-ring (bicyclic) bond motifs is 1. The van der Waals surface area contributed by atoms with Crippen molar-refractivity contribution in [3.05, 3.63) is 28.5 Å². The predicted molar refractivity (Wildman–Crippen MR) is 62.0 cm³/mol. The fourth-order valence-corrected chi connectivity index (χ4v) is 2.27. The average molecular weight is 242 g/mol. The zero-order valence-electron chi connectivity index (χ0n) is 9.27. The van der Waals surface area contributed by atoms with Crippen LogP contribution in [-0.2, 0) is 5.54 Å². The van der Waals surface area contributed by atoms with Gasteiger partial charge in [-0.3, -0.25) is 0 Å². The highest BCUT2D eigenvalue weighted by molar-refractivity contribution is 7.71. The Balaban J connectivity index is 2.95. The van der Waals surface area contributed by atoms with E-state index in [1.54, 1.807) is 4.57 Å². The number of hydrogen-bond donors (Lipinski definition) is 1. The third-order valence-corrected chi connectivity index (χ3v) is 2.67. The van der Waals surface area contributed by atoms with E-state index in [4.69, 9.17) is 12.2 Å². The molecule has 0 fully saturated rings. The number of benzene rings is 1. The summed E-state index contributed by atoms with van der Waals surface area (Å²) in [5, 5.41) is 0. The first-order valence-electron chi connectivity index (χ1n) is 4.91. The van der Waals surface area contributed by atoms with Crippen LogP contribution in [0.25, 0.3) is 11.0 Å². The second-order valence-corrected chi connectivity index (χ2v) is 5.10. The van der Waals surface area contributed by atoms with Gasteiger partial charge in [-0.05, 0) is 39.1 Å². The van der Waals surface area contributed by atoms with Crippen LogP contribution >= 0.6 is 12.2 Å². The van der Waals surface area contributed by atoms with Crippen molar-refractivity contribution in [2.75, 3.05) is 0 Å². The van der Waals surface area contributed by atoms with E-state index in [2.05, 4.69) is 4.98 Å². The Morgan fingerprint density at radius 3 is 2.44 bits per heavy atom. The van der Waals surface area contributed by atoms with Gasteiger partial charge in [-0.1, -0.05) is 0 Å². The first-order chi connectivity index (χ1) is 7.30. The molecule has 0 saturated carbocycles. The van der Waals surface area contributed by atoms with Crippen molar-refractivity contribution in [3.8, 4) is 0 Å². The predicted octanol–water partition coefficient (Wildman–Crippen LogP) is 3.73. The maximum Gasteiger partial charge on any atom is 0.178 e. The van der Waals surface area contributed by atoms with Gasteiger partial charge in [-0.2, -0.15) is 0 Å². The number of halogens is 2. The molecule has 1 aromatic heterocycles. The molecule has 16 heavy (non-hydrogen) atoms. The summed E-state index contributed by atoms with van der Waals surface area (Å²) in [4.78, 5) is 2.77. The van der Waals surface area contributed by atoms with E-state index in [1.807, 2.05) is 20.8 Å². The highest BCUT2D eigenvalue weighted by Crippen LogP contribution is 2.25. The standard InChI is InChI=1S/C11H12F2N2S/c1-11(2,3)15-8-5-6(12)4-7(13)9(8)14-10(15)16/h4-5H,1-3H3,(H,14,16). The van der Waals surface area contributed by atoms with Gasteiger partial charge >= 0.3 is 0 Å². The minimum atomic E-state index is -0.621. The number of aromatic amines is 1. The van der Waals surface area contributed by atoms with Crippen molar-refractivity contribution >= 4 is 23.3 Å². The van der Waals surface area contributed by atoms with Crippen molar-refractivity contribution in [1.82, 2.24) is 9.55 Å². The van der Waals surface area contributed by atoms with Crippen LogP contribution in [-0.4, -0.2) is 9.55 Å². The van der Waals surface area contributed by atoms with Crippen molar-refractivity contribution in [2.45, 2.75) is 26.3 Å². The summed E-state index contributed by atoms with van der Waals surface area (Å²) >= 11 is 5.12. The van der Waals surface area contributed by atoms with Crippen LogP contribution in [0.1, 0.15) is 20.8 Å². The van der Waals surface area contributed by atoms with Crippen molar-refractivity contribution in [1.29, 1.82) is 0 Å². The van der Waals surface area contributed by atoms with Crippen molar-refractivity contribution in [3.63, 3.8) is 0 Å². The molecule has 0 aliphatic heterocycles. The minimum absolute atomic E-state index is 0.251. The normalized spacial score (nSPS) is 12.3. The van der Waals surface area contributed by atoms with E-state index in [1.165, 1.54) is 6.07 Å². The maximum atomic E-state index is 13.5. The lowest BCUT2D eigenvalue weighted by Crippen LogP contribution is -2.21. The summed E-state index contributed by atoms with van der Waals surface area (Å²) in [5.74, 6) is -1.22. The van der Waals surface area contributed by atoms with E-state index in [0.29, 0.717) is 10.3 Å². The number of nitrogens with zero attached hydrogens (tertiary/aromatic N) is 1. The summed E-state index contributed by atoms with van der Waals surface area (Å²) in [6.45, 7) is 5.79. The molecule has 0 unspecified atom stereocenters. The van der Waals surface area contributed by atoms with Crippen LogP contribution in [0.2, 0.25) is 0 Å². The zero-order valence-corrected chi connectivity index (χ0v) is 10.1. The van der Waals surface area contributed by atoms with Crippen LogP contribution in [0.4, 0.5) is 8.78 Å². The quantitative estimate of drug-likeness (QED) is 0.698. The summed E-state index contributed by atoms with van der Waals surface area (Å²) in [5.41, 5.74) is 0.381. The van der Waals surface area contributed by atoms with E-state index in [9.17, 15) is 8.78 Å². The second kappa shape index (κ2) is 3.38. The summed E-state index contributed by atoms with van der Waals surface area (Å²) in [6.07, 6.45) is 0. The molecular weight excluding hydrogens is 230 g/mol. The van der Waals surface area contributed by atoms with Crippen LogP contribution < -0.4 is 0 Å². The topological polar surface area (TPSA) is 20.7 Å². The lowest BCUT2D eigenvalue weighted by atomic mass is 10.1. The molecule has 1 N–H and O–H groups in total. The number of rotatable bonds is 0. The number of hydrogen-bond acceptors (Lipinski definition) is 1. The highest BCUT2D eigenvalue weighted by atomic mass is 32.1. The molecule has 2 aromatic rings. The molecule has 0 saturated heterocycles. The van der Waals surface area contributed by atoms with Gasteiger partial charge < -0.3 is 9.55 Å². The second-order valence-electron chi connectivity index (χ2n) is 4.72. The third kappa shape index (κ3) is 1.65. The molecule has 0 spiro atoms. The van der Waals surface area contributed by atoms with Gasteiger partial charge in [0.25, 0.3) is 0 Å². The Morgan fingerprint density at radius 2 is 1.88 bits per heavy atom. The minimum Gasteiger partial charge on any atom is -0.328 e. The lowest BCUT2D eigenvalue weighted by molar-refractivity contribution is 0.403. The molecule has 5 heteroatoms. The molecule has 0 aliphatic rings. The van der Waals surface area contributed by atoms with Gasteiger partial charge in [0.15, 0.2) is 10.6 Å². The molecule has 2 rings (SSSR count). The van der Waals surface area contributed by atoms with Gasteiger partial charge in [-0.15, -0.1) is 0 Å². The van der Waals surface area contributed by atoms with Crippen LogP contribution in [0.5, 0.6) is 0 Å². The van der Waals surface area contributed by atoms with E-state index in [0.717, 1.165) is 6.07 Å². The number of nitrogens with one attached hydrogen (secondary N) is 1. The van der Waals surface area contributed by atoms with Gasteiger partial charge in [0.05, 0.1) is 5.52 Å². The smallest absolute Gasteiger partial charge is 0.178 e. The van der Waals surface area contributed by atoms with Gasteiger partial charge in [0.1, 0.15) is 11.3 Å². The van der Waals surface area contributed by atoms with Crippen LogP contribution in [0, 0.1) is 16.4 Å². The molecule has 0 bridgehead atoms. The SMILES string of the molecule is CC(C)(C)n1c(=S)[nH]c2c(F)cc(F)cc21. The summed E-state index contributed by atoms with van der Waals surface area (Å²) in [7, 11) is 0. The molecule has 2 nitrogen and oxygen atoms in total. The highest BCUT2D eigenvalue weighted by Gasteiger charge is 2.19. The number of imidazole rings is 1. The fraction of sp³-hybridized carbons (Fsp3) is 0.364. The molecule has 0 atom stereocenters. The summed E-state index contributed by atoms with van der Waals surface area (Å²) < 4.78 is 28.8. The van der Waals surface area contributed by atoms with E-state index >= 15 is 0 Å². The molecule has 86 valence electrons. The molecule has 0 aliphatic carbocycles. The zero-order chi connectivity index (χ0) is 12.1. The summed E-state index contributed by atoms with van der Waals surface area (Å²) in [6, 6.07) is 2.14. The molecule has 0 amide bonds. The van der Waals surface area contributed by atoms with E-state index in [-0.39, 0.29) is 11.1 Å². The Hall–Kier alpha value is -1.23. The molecular formula is C11H12F2N2S. The van der Waals surface area contributed by atoms with Crippen LogP contribution in [0.3, 0.4) is 0 Å². The first kappa shape index (κ1) is 11.3.